The van der Waals surface area contributed by atoms with Crippen LogP contribution in [0.3, 0.4) is 0 Å². The van der Waals surface area contributed by atoms with Crippen LogP contribution in [0, 0.1) is 19.8 Å². The first kappa shape index (κ1) is 25.4. The lowest BCUT2D eigenvalue weighted by Crippen LogP contribution is -2.44. The second-order valence-corrected chi connectivity index (χ2v) is 11.2. The Hall–Kier alpha value is -2.22. The summed E-state index contributed by atoms with van der Waals surface area (Å²) in [5.74, 6) is -0.156. The standard InChI is InChI=1S/C26H37N3O3S/c1-6-21-8-10-22(11-9-21)24(28(4)5)18-27-26(30)23-13-15-29(16-14-23)33(31,32)25-12-7-19(2)17-20(25)3/h7-12,17,23-24H,6,13-16,18H2,1-5H3,(H,27,30). The number of carbonyl (C=O) groups is 1. The maximum atomic E-state index is 13.1. The van der Waals surface area contributed by atoms with Crippen LogP contribution in [0.4, 0.5) is 0 Å². The summed E-state index contributed by atoms with van der Waals surface area (Å²) in [4.78, 5) is 15.3. The molecule has 1 amide bonds. The topological polar surface area (TPSA) is 69.7 Å². The van der Waals surface area contributed by atoms with E-state index in [2.05, 4.69) is 41.4 Å². The summed E-state index contributed by atoms with van der Waals surface area (Å²) in [7, 11) is 0.487. The van der Waals surface area contributed by atoms with Crippen molar-refractivity contribution in [2.75, 3.05) is 33.7 Å². The quantitative estimate of drug-likeness (QED) is 0.638. The van der Waals surface area contributed by atoms with Crippen molar-refractivity contribution >= 4 is 15.9 Å². The lowest BCUT2D eigenvalue weighted by molar-refractivity contribution is -0.126. The minimum absolute atomic E-state index is 0.00981. The van der Waals surface area contributed by atoms with Gasteiger partial charge in [-0.15, -0.1) is 0 Å². The lowest BCUT2D eigenvalue weighted by atomic mass is 9.96. The zero-order chi connectivity index (χ0) is 24.2. The molecule has 1 aliphatic heterocycles. The Bertz CT molecular complexity index is 1060. The summed E-state index contributed by atoms with van der Waals surface area (Å²) < 4.78 is 27.7. The van der Waals surface area contributed by atoms with E-state index < -0.39 is 10.0 Å². The van der Waals surface area contributed by atoms with E-state index >= 15 is 0 Å². The van der Waals surface area contributed by atoms with Gasteiger partial charge >= 0.3 is 0 Å². The van der Waals surface area contributed by atoms with Gasteiger partial charge in [0.1, 0.15) is 0 Å². The molecule has 1 saturated heterocycles. The van der Waals surface area contributed by atoms with Crippen LogP contribution in [0.2, 0.25) is 0 Å². The smallest absolute Gasteiger partial charge is 0.243 e. The number of amides is 1. The monoisotopic (exact) mass is 471 g/mol. The van der Waals surface area contributed by atoms with E-state index in [1.54, 1.807) is 6.07 Å². The fourth-order valence-corrected chi connectivity index (χ4v) is 6.18. The van der Waals surface area contributed by atoms with Gasteiger partial charge in [-0.25, -0.2) is 8.42 Å². The molecule has 1 aliphatic rings. The highest BCUT2D eigenvalue weighted by atomic mass is 32.2. The largest absolute Gasteiger partial charge is 0.354 e. The Morgan fingerprint density at radius 3 is 2.27 bits per heavy atom. The number of aryl methyl sites for hydroxylation is 3. The molecule has 33 heavy (non-hydrogen) atoms. The molecule has 0 radical (unpaired) electrons. The van der Waals surface area contributed by atoms with Gasteiger partial charge in [-0.05, 0) is 70.0 Å². The molecule has 1 fully saturated rings. The summed E-state index contributed by atoms with van der Waals surface area (Å²) in [5.41, 5.74) is 4.27. The highest BCUT2D eigenvalue weighted by Crippen LogP contribution is 2.26. The van der Waals surface area contributed by atoms with Gasteiger partial charge in [0.15, 0.2) is 0 Å². The minimum atomic E-state index is -3.54. The van der Waals surface area contributed by atoms with E-state index in [0.717, 1.165) is 17.5 Å². The van der Waals surface area contributed by atoms with Crippen LogP contribution in [0.25, 0.3) is 0 Å². The molecular formula is C26H37N3O3S. The molecule has 2 aromatic rings. The summed E-state index contributed by atoms with van der Waals surface area (Å²) in [6.07, 6.45) is 2.07. The average molecular weight is 472 g/mol. The van der Waals surface area contributed by atoms with Crippen molar-refractivity contribution in [3.63, 3.8) is 0 Å². The SMILES string of the molecule is CCc1ccc(C(CNC(=O)C2CCN(S(=O)(=O)c3ccc(C)cc3C)CC2)N(C)C)cc1. The van der Waals surface area contributed by atoms with Crippen molar-refractivity contribution in [3.8, 4) is 0 Å². The second-order valence-electron chi connectivity index (χ2n) is 9.27. The average Bonchev–Trinajstić information content (AvgIpc) is 2.79. The molecule has 180 valence electrons. The normalized spacial score (nSPS) is 16.7. The predicted molar refractivity (Wildman–Crippen MR) is 133 cm³/mol. The molecule has 1 N–H and O–H groups in total. The van der Waals surface area contributed by atoms with E-state index in [1.807, 2.05) is 40.1 Å². The van der Waals surface area contributed by atoms with Crippen LogP contribution in [0.15, 0.2) is 47.4 Å². The van der Waals surface area contributed by atoms with Gasteiger partial charge in [0.25, 0.3) is 0 Å². The number of hydrogen-bond acceptors (Lipinski definition) is 4. The fourth-order valence-electron chi connectivity index (χ4n) is 4.50. The van der Waals surface area contributed by atoms with E-state index in [1.165, 1.54) is 15.4 Å². The van der Waals surface area contributed by atoms with Crippen molar-refractivity contribution in [2.45, 2.75) is 51.0 Å². The Balaban J connectivity index is 1.58. The lowest BCUT2D eigenvalue weighted by Gasteiger charge is -2.32. The molecule has 1 atom stereocenters. The van der Waals surface area contributed by atoms with Gasteiger partial charge in [0, 0.05) is 25.6 Å². The summed E-state index contributed by atoms with van der Waals surface area (Å²) >= 11 is 0. The molecule has 0 saturated carbocycles. The Morgan fingerprint density at radius 2 is 1.73 bits per heavy atom. The van der Waals surface area contributed by atoms with Gasteiger partial charge < -0.3 is 10.2 Å². The maximum Gasteiger partial charge on any atom is 0.243 e. The minimum Gasteiger partial charge on any atom is -0.354 e. The number of likely N-dealkylation sites (N-methyl/N-ethyl adjacent to an activating group) is 1. The van der Waals surface area contributed by atoms with E-state index in [0.29, 0.717) is 37.4 Å². The van der Waals surface area contributed by atoms with Crippen LogP contribution < -0.4 is 5.32 Å². The molecule has 1 heterocycles. The molecule has 7 heteroatoms. The number of nitrogens with zero attached hydrogens (tertiary/aromatic N) is 2. The second kappa shape index (κ2) is 10.8. The predicted octanol–water partition coefficient (Wildman–Crippen LogP) is 3.69. The van der Waals surface area contributed by atoms with Crippen molar-refractivity contribution in [3.05, 3.63) is 64.7 Å². The Labute approximate surface area is 199 Å². The number of benzene rings is 2. The zero-order valence-electron chi connectivity index (χ0n) is 20.5. The number of piperidine rings is 1. The first-order valence-corrected chi connectivity index (χ1v) is 13.2. The molecule has 6 nitrogen and oxygen atoms in total. The number of carbonyl (C=O) groups excluding carboxylic acids is 1. The summed E-state index contributed by atoms with van der Waals surface area (Å²) in [6.45, 7) is 7.17. The van der Waals surface area contributed by atoms with Crippen molar-refractivity contribution in [1.29, 1.82) is 0 Å². The number of sulfonamides is 1. The molecule has 2 aromatic carbocycles. The van der Waals surface area contributed by atoms with Crippen molar-refractivity contribution in [1.82, 2.24) is 14.5 Å². The molecule has 0 aromatic heterocycles. The highest BCUT2D eigenvalue weighted by Gasteiger charge is 2.33. The van der Waals surface area contributed by atoms with Crippen LogP contribution in [-0.2, 0) is 21.2 Å². The third-order valence-electron chi connectivity index (χ3n) is 6.64. The molecule has 0 aliphatic carbocycles. The molecule has 0 spiro atoms. The van der Waals surface area contributed by atoms with Gasteiger partial charge in [-0.2, -0.15) is 4.31 Å². The molecule has 0 bridgehead atoms. The third-order valence-corrected chi connectivity index (χ3v) is 8.70. The number of rotatable bonds is 8. The number of nitrogens with one attached hydrogen (secondary N) is 1. The van der Waals surface area contributed by atoms with Crippen LogP contribution in [0.5, 0.6) is 0 Å². The van der Waals surface area contributed by atoms with Gasteiger partial charge in [-0.1, -0.05) is 48.9 Å². The summed E-state index contributed by atoms with van der Waals surface area (Å²) in [6, 6.07) is 14.0. The first-order valence-electron chi connectivity index (χ1n) is 11.7. The van der Waals surface area contributed by atoms with Crippen molar-refractivity contribution in [2.24, 2.45) is 5.92 Å². The third kappa shape index (κ3) is 6.02. The van der Waals surface area contributed by atoms with Crippen LogP contribution in [0.1, 0.15) is 48.1 Å². The van der Waals surface area contributed by atoms with Gasteiger partial charge in [-0.3, -0.25) is 4.79 Å². The van der Waals surface area contributed by atoms with E-state index in [-0.39, 0.29) is 17.9 Å². The highest BCUT2D eigenvalue weighted by molar-refractivity contribution is 7.89. The Morgan fingerprint density at radius 1 is 1.09 bits per heavy atom. The van der Waals surface area contributed by atoms with E-state index in [9.17, 15) is 13.2 Å². The molecule has 3 rings (SSSR count). The maximum absolute atomic E-state index is 13.1. The number of hydrogen-bond donors (Lipinski definition) is 1. The van der Waals surface area contributed by atoms with E-state index in [4.69, 9.17) is 0 Å². The first-order chi connectivity index (χ1) is 15.6. The van der Waals surface area contributed by atoms with Gasteiger partial charge in [0.05, 0.1) is 10.9 Å². The van der Waals surface area contributed by atoms with Gasteiger partial charge in [0.2, 0.25) is 15.9 Å². The van der Waals surface area contributed by atoms with Crippen LogP contribution in [-0.4, -0.2) is 57.3 Å². The summed E-state index contributed by atoms with van der Waals surface area (Å²) in [5, 5.41) is 3.11. The fraction of sp³-hybridized carbons (Fsp3) is 0.500. The molecular weight excluding hydrogens is 434 g/mol. The molecule has 1 unspecified atom stereocenters. The zero-order valence-corrected chi connectivity index (χ0v) is 21.3. The van der Waals surface area contributed by atoms with Crippen molar-refractivity contribution < 1.29 is 13.2 Å². The van der Waals surface area contributed by atoms with Crippen LogP contribution >= 0.6 is 0 Å². The Kier molecular flexibility index (Phi) is 8.32.